The summed E-state index contributed by atoms with van der Waals surface area (Å²) in [6.45, 7) is 3.17. The third-order valence-electron chi connectivity index (χ3n) is 5.34. The molecule has 0 radical (unpaired) electrons. The Kier molecular flexibility index (Phi) is 6.90. The molecular formula is C24H23F3N4O3. The first-order valence-electron chi connectivity index (χ1n) is 10.3. The Bertz CT molecular complexity index is 1250. The maximum Gasteiger partial charge on any atom is 0.416 e. The van der Waals surface area contributed by atoms with E-state index in [1.807, 2.05) is 0 Å². The van der Waals surface area contributed by atoms with Crippen molar-refractivity contribution in [3.63, 3.8) is 0 Å². The van der Waals surface area contributed by atoms with Crippen LogP contribution in [0.3, 0.4) is 0 Å². The van der Waals surface area contributed by atoms with Gasteiger partial charge in [0.25, 0.3) is 17.6 Å². The number of ketones is 1. The number of likely N-dealkylation sites (N-methyl/N-ethyl adjacent to an activating group) is 1. The van der Waals surface area contributed by atoms with Crippen molar-refractivity contribution in [3.05, 3.63) is 82.2 Å². The lowest BCUT2D eigenvalue weighted by molar-refractivity contribution is -0.137. The number of nitrogens with zero attached hydrogens (tertiary/aromatic N) is 3. The number of nitrogens with one attached hydrogen (secondary N) is 1. The van der Waals surface area contributed by atoms with Crippen LogP contribution in [0.1, 0.15) is 43.2 Å². The molecule has 34 heavy (non-hydrogen) atoms. The van der Waals surface area contributed by atoms with Gasteiger partial charge in [-0.15, -0.1) is 0 Å². The molecule has 0 fully saturated rings. The highest BCUT2D eigenvalue weighted by Gasteiger charge is 2.31. The van der Waals surface area contributed by atoms with Crippen molar-refractivity contribution in [3.8, 4) is 5.69 Å². The maximum absolute atomic E-state index is 13.1. The number of carbonyl (C=O) groups is 3. The molecule has 3 rings (SSSR count). The van der Waals surface area contributed by atoms with Gasteiger partial charge in [-0.3, -0.25) is 14.4 Å². The topological polar surface area (TPSA) is 84.3 Å². The molecule has 0 atom stereocenters. The quantitative estimate of drug-likeness (QED) is 0.438. The van der Waals surface area contributed by atoms with E-state index in [0.29, 0.717) is 11.1 Å². The Morgan fingerprint density at radius 1 is 1.06 bits per heavy atom. The van der Waals surface area contributed by atoms with Crippen LogP contribution in [0, 0.1) is 13.8 Å². The monoisotopic (exact) mass is 472 g/mol. The fraction of sp³-hybridized carbons (Fsp3) is 0.250. The van der Waals surface area contributed by atoms with Crippen molar-refractivity contribution in [2.75, 3.05) is 14.1 Å². The van der Waals surface area contributed by atoms with Crippen molar-refractivity contribution in [2.24, 2.45) is 0 Å². The maximum atomic E-state index is 13.1. The van der Waals surface area contributed by atoms with Crippen LogP contribution in [0.15, 0.2) is 48.5 Å². The van der Waals surface area contributed by atoms with Gasteiger partial charge in [-0.05, 0) is 49.7 Å². The molecule has 2 aromatic carbocycles. The molecule has 2 amide bonds. The Hall–Kier alpha value is -3.95. The molecule has 0 saturated carbocycles. The molecule has 10 heteroatoms. The van der Waals surface area contributed by atoms with Gasteiger partial charge in [0.15, 0.2) is 0 Å². The van der Waals surface area contributed by atoms with E-state index in [4.69, 9.17) is 0 Å². The average Bonchev–Trinajstić information content (AvgIpc) is 3.11. The van der Waals surface area contributed by atoms with Gasteiger partial charge in [0.1, 0.15) is 0 Å². The highest BCUT2D eigenvalue weighted by atomic mass is 19.4. The van der Waals surface area contributed by atoms with Crippen molar-refractivity contribution < 1.29 is 27.6 Å². The largest absolute Gasteiger partial charge is 0.416 e. The summed E-state index contributed by atoms with van der Waals surface area (Å²) in [6, 6.07) is 11.2. The second-order valence-corrected chi connectivity index (χ2v) is 7.77. The number of carbonyl (C=O) groups excluding carboxylic acids is 3. The number of hydrogen-bond donors (Lipinski definition) is 1. The van der Waals surface area contributed by atoms with Crippen LogP contribution in [0.4, 0.5) is 13.2 Å². The van der Waals surface area contributed by atoms with Crippen LogP contribution in [0.5, 0.6) is 0 Å². The minimum atomic E-state index is -4.53. The molecule has 178 valence electrons. The lowest BCUT2D eigenvalue weighted by Gasteiger charge is -2.17. The van der Waals surface area contributed by atoms with Crippen LogP contribution in [-0.2, 0) is 17.5 Å². The Morgan fingerprint density at radius 3 is 2.29 bits per heavy atom. The second-order valence-electron chi connectivity index (χ2n) is 7.77. The molecule has 1 N–H and O–H groups in total. The summed E-state index contributed by atoms with van der Waals surface area (Å²) in [7, 11) is 2.99. The van der Waals surface area contributed by atoms with Gasteiger partial charge < -0.3 is 10.2 Å². The lowest BCUT2D eigenvalue weighted by Crippen LogP contribution is -2.33. The number of Topliss-reactive ketones (excluding diaryl/α,β-unsaturated/α-hetero) is 1. The zero-order valence-corrected chi connectivity index (χ0v) is 19.0. The number of aromatic nitrogens is 2. The molecule has 3 aromatic rings. The first-order chi connectivity index (χ1) is 15.9. The van der Waals surface area contributed by atoms with Crippen molar-refractivity contribution in [2.45, 2.75) is 26.6 Å². The van der Waals surface area contributed by atoms with Gasteiger partial charge in [-0.2, -0.15) is 18.3 Å². The molecule has 7 nitrogen and oxygen atoms in total. The molecule has 1 aromatic heterocycles. The minimum Gasteiger partial charge on any atom is -0.355 e. The van der Waals surface area contributed by atoms with E-state index >= 15 is 0 Å². The van der Waals surface area contributed by atoms with E-state index in [2.05, 4.69) is 10.4 Å². The summed E-state index contributed by atoms with van der Waals surface area (Å²) in [4.78, 5) is 38.7. The standard InChI is InChI=1S/C24H23F3N4O3/c1-14-20(15(2)31(29-14)19-7-5-6-18(12-19)24(25,26)27)21(32)23(34)30(4)13-16-8-10-17(11-9-16)22(33)28-3/h5-12H,13H2,1-4H3,(H,28,33). The van der Waals surface area contributed by atoms with Crippen LogP contribution in [-0.4, -0.2) is 46.4 Å². The Balaban J connectivity index is 1.82. The van der Waals surface area contributed by atoms with E-state index in [0.717, 1.165) is 12.1 Å². The summed E-state index contributed by atoms with van der Waals surface area (Å²) in [5.74, 6) is -1.84. The van der Waals surface area contributed by atoms with Crippen molar-refractivity contribution >= 4 is 17.6 Å². The lowest BCUT2D eigenvalue weighted by atomic mass is 10.1. The van der Waals surface area contributed by atoms with Crippen molar-refractivity contribution in [1.29, 1.82) is 0 Å². The van der Waals surface area contributed by atoms with Gasteiger partial charge in [-0.25, -0.2) is 4.68 Å². The third kappa shape index (κ3) is 5.00. The van der Waals surface area contributed by atoms with Gasteiger partial charge in [0.2, 0.25) is 0 Å². The van der Waals surface area contributed by atoms with Crippen LogP contribution in [0.25, 0.3) is 5.69 Å². The van der Waals surface area contributed by atoms with Crippen LogP contribution in [0.2, 0.25) is 0 Å². The van der Waals surface area contributed by atoms with Crippen LogP contribution >= 0.6 is 0 Å². The van der Waals surface area contributed by atoms with E-state index in [1.54, 1.807) is 24.3 Å². The molecule has 0 saturated heterocycles. The molecule has 0 unspecified atom stereocenters. The first-order valence-corrected chi connectivity index (χ1v) is 10.3. The van der Waals surface area contributed by atoms with Crippen LogP contribution < -0.4 is 5.32 Å². The molecule has 1 heterocycles. The summed E-state index contributed by atoms with van der Waals surface area (Å²) >= 11 is 0. The normalized spacial score (nSPS) is 11.3. The predicted octanol–water partition coefficient (Wildman–Crippen LogP) is 3.71. The van der Waals surface area contributed by atoms with Gasteiger partial charge in [-0.1, -0.05) is 18.2 Å². The van der Waals surface area contributed by atoms with Crippen molar-refractivity contribution in [1.82, 2.24) is 20.0 Å². The zero-order valence-electron chi connectivity index (χ0n) is 19.0. The number of rotatable bonds is 6. The average molecular weight is 472 g/mol. The van der Waals surface area contributed by atoms with Gasteiger partial charge >= 0.3 is 6.18 Å². The number of aryl methyl sites for hydroxylation is 1. The Labute approximate surface area is 194 Å². The molecule has 0 spiro atoms. The van der Waals surface area contributed by atoms with E-state index in [-0.39, 0.29) is 35.1 Å². The Morgan fingerprint density at radius 2 is 1.71 bits per heavy atom. The zero-order chi connectivity index (χ0) is 25.2. The number of halogens is 3. The van der Waals surface area contributed by atoms with E-state index < -0.39 is 23.4 Å². The summed E-state index contributed by atoms with van der Waals surface area (Å²) in [5.41, 5.74) is 1.00. The molecule has 0 aliphatic heterocycles. The third-order valence-corrected chi connectivity index (χ3v) is 5.34. The molecule has 0 aliphatic rings. The number of hydrogen-bond acceptors (Lipinski definition) is 4. The van der Waals surface area contributed by atoms with Gasteiger partial charge in [0, 0.05) is 26.2 Å². The summed E-state index contributed by atoms with van der Waals surface area (Å²) in [5, 5.41) is 6.72. The highest BCUT2D eigenvalue weighted by Crippen LogP contribution is 2.31. The highest BCUT2D eigenvalue weighted by molar-refractivity contribution is 6.43. The molecule has 0 bridgehead atoms. The number of amides is 2. The van der Waals surface area contributed by atoms with E-state index in [9.17, 15) is 27.6 Å². The summed E-state index contributed by atoms with van der Waals surface area (Å²) < 4.78 is 40.5. The number of benzene rings is 2. The smallest absolute Gasteiger partial charge is 0.355 e. The first kappa shape index (κ1) is 24.7. The van der Waals surface area contributed by atoms with Gasteiger partial charge in [0.05, 0.1) is 28.2 Å². The fourth-order valence-electron chi connectivity index (χ4n) is 3.57. The summed E-state index contributed by atoms with van der Waals surface area (Å²) in [6.07, 6.45) is -4.53. The molecule has 0 aliphatic carbocycles. The second kappa shape index (κ2) is 9.50. The number of alkyl halides is 3. The predicted molar refractivity (Wildman–Crippen MR) is 119 cm³/mol. The minimum absolute atomic E-state index is 0.0456. The SMILES string of the molecule is CNC(=O)c1ccc(CN(C)C(=O)C(=O)c2c(C)nn(-c3cccc(C(F)(F)F)c3)c2C)cc1. The molecular weight excluding hydrogens is 449 g/mol. The van der Waals surface area contributed by atoms with E-state index in [1.165, 1.54) is 49.7 Å². The fourth-order valence-corrected chi connectivity index (χ4v) is 3.57.